The van der Waals surface area contributed by atoms with Crippen LogP contribution < -0.4 is 15.4 Å². The molecular weight excluding hydrogens is 515 g/mol. The Morgan fingerprint density at radius 1 is 1.40 bits per heavy atom. The fourth-order valence-corrected chi connectivity index (χ4v) is 6.24. The summed E-state index contributed by atoms with van der Waals surface area (Å²) in [7, 11) is 3.12. The van der Waals surface area contributed by atoms with Crippen LogP contribution in [-0.4, -0.2) is 51.4 Å². The van der Waals surface area contributed by atoms with Gasteiger partial charge in [0.05, 0.1) is 39.3 Å². The van der Waals surface area contributed by atoms with Gasteiger partial charge in [-0.3, -0.25) is 9.78 Å². The van der Waals surface area contributed by atoms with Crippen LogP contribution in [0.15, 0.2) is 36.5 Å². The number of hydrogen-bond acceptors (Lipinski definition) is 9. The highest BCUT2D eigenvalue weighted by Crippen LogP contribution is 2.40. The zero-order chi connectivity index (χ0) is 24.9. The van der Waals surface area contributed by atoms with Crippen LogP contribution in [0.5, 0.6) is 5.75 Å². The van der Waals surface area contributed by atoms with Crippen molar-refractivity contribution in [1.82, 2.24) is 4.98 Å². The Bertz CT molecular complexity index is 1300. The fourth-order valence-electron chi connectivity index (χ4n) is 3.33. The number of aromatic nitrogens is 1. The van der Waals surface area contributed by atoms with Crippen molar-refractivity contribution in [3.63, 3.8) is 0 Å². The van der Waals surface area contributed by atoms with E-state index in [1.165, 1.54) is 35.2 Å². The molecule has 0 radical (unpaired) electrons. The lowest BCUT2D eigenvalue weighted by Gasteiger charge is -2.18. The summed E-state index contributed by atoms with van der Waals surface area (Å²) in [5.41, 5.74) is 1.83. The third kappa shape index (κ3) is 5.91. The number of hydrogen-bond donors (Lipinski definition) is 4. The number of amides is 1. The Morgan fingerprint density at radius 3 is 2.91 bits per heavy atom. The number of carbonyl (C=O) groups is 1. The minimum Gasteiger partial charge on any atom is -0.489 e. The van der Waals surface area contributed by atoms with Crippen molar-refractivity contribution in [2.75, 3.05) is 29.6 Å². The first-order chi connectivity index (χ1) is 16.9. The number of benzene rings is 2. The Kier molecular flexibility index (Phi) is 8.20. The summed E-state index contributed by atoms with van der Waals surface area (Å²) in [6.07, 6.45) is 1.00. The smallest absolute Gasteiger partial charge is 0.238 e. The van der Waals surface area contributed by atoms with E-state index in [4.69, 9.17) is 21.4 Å². The lowest BCUT2D eigenvalue weighted by Crippen LogP contribution is -2.25. The molecule has 4 rings (SSSR count). The van der Waals surface area contributed by atoms with Gasteiger partial charge in [0.1, 0.15) is 30.3 Å². The number of nitrogens with zero attached hydrogens (tertiary/aromatic N) is 2. The van der Waals surface area contributed by atoms with Gasteiger partial charge in [-0.05, 0) is 30.7 Å². The van der Waals surface area contributed by atoms with Crippen molar-refractivity contribution in [2.24, 2.45) is 0 Å². The number of nitrogens with one attached hydrogen (secondary N) is 2. The van der Waals surface area contributed by atoms with E-state index in [9.17, 15) is 19.6 Å². The molecule has 2 atom stereocenters. The Hall–Kier alpha value is -2.75. The van der Waals surface area contributed by atoms with Crippen LogP contribution in [0.3, 0.4) is 0 Å². The summed E-state index contributed by atoms with van der Waals surface area (Å²) in [6.45, 7) is -0.683. The molecule has 1 saturated heterocycles. The second-order valence-electron chi connectivity index (χ2n) is 7.61. The molecule has 3 aromatic rings. The molecular formula is C23H20ClFN4O4S2. The van der Waals surface area contributed by atoms with Crippen LogP contribution in [0.4, 0.5) is 21.5 Å². The maximum Gasteiger partial charge on any atom is 0.238 e. The van der Waals surface area contributed by atoms with E-state index in [1.54, 1.807) is 22.9 Å². The van der Waals surface area contributed by atoms with E-state index >= 15 is 0 Å². The van der Waals surface area contributed by atoms with Crippen molar-refractivity contribution in [2.45, 2.75) is 17.8 Å². The first-order valence-electron chi connectivity index (χ1n) is 10.5. The number of aliphatic hydroxyl groups is 2. The standard InChI is InChI=1S/C23H20ClFN4O4S2/c24-16-5-13(1-2-17(16)25)28-22-12(8-26)9-27-18-7-20(33-11-14(31)10-30)19(6-15(18)22)29-23(32)21-3-4-34-35-21/h1-2,5-7,9,14,21,30-31H,3-4,10-11H2,(H,27,28)(H,29,32). The second-order valence-corrected chi connectivity index (χ2v) is 10.7. The Balaban J connectivity index is 1.78. The van der Waals surface area contributed by atoms with Crippen molar-refractivity contribution in [3.8, 4) is 11.8 Å². The van der Waals surface area contributed by atoms with Crippen molar-refractivity contribution in [3.05, 3.63) is 52.9 Å². The molecule has 1 aromatic heterocycles. The highest BCUT2D eigenvalue weighted by atomic mass is 35.5. The molecule has 0 aliphatic carbocycles. The molecule has 2 heterocycles. The molecule has 182 valence electrons. The quantitative estimate of drug-likeness (QED) is 0.309. The van der Waals surface area contributed by atoms with Crippen LogP contribution in [-0.2, 0) is 4.79 Å². The summed E-state index contributed by atoms with van der Waals surface area (Å²) in [5, 5.41) is 34.7. The molecule has 35 heavy (non-hydrogen) atoms. The van der Waals surface area contributed by atoms with Crippen LogP contribution in [0.25, 0.3) is 10.9 Å². The minimum atomic E-state index is -1.11. The minimum absolute atomic E-state index is 0.0788. The van der Waals surface area contributed by atoms with Gasteiger partial charge < -0.3 is 25.6 Å². The topological polar surface area (TPSA) is 128 Å². The normalized spacial score (nSPS) is 16.0. The van der Waals surface area contributed by atoms with Gasteiger partial charge in [0.2, 0.25) is 5.91 Å². The molecule has 2 unspecified atom stereocenters. The molecule has 0 bridgehead atoms. The van der Waals surface area contributed by atoms with Gasteiger partial charge in [0, 0.05) is 29.1 Å². The maximum atomic E-state index is 13.6. The third-order valence-corrected chi connectivity index (χ3v) is 8.23. The first-order valence-corrected chi connectivity index (χ1v) is 13.3. The summed E-state index contributed by atoms with van der Waals surface area (Å²) in [4.78, 5) is 17.2. The summed E-state index contributed by atoms with van der Waals surface area (Å²) in [6, 6.07) is 9.38. The summed E-state index contributed by atoms with van der Waals surface area (Å²) in [5.74, 6) is 0.353. The van der Waals surface area contributed by atoms with E-state index in [0.29, 0.717) is 28.0 Å². The van der Waals surface area contributed by atoms with Gasteiger partial charge in [-0.1, -0.05) is 33.2 Å². The monoisotopic (exact) mass is 534 g/mol. The average molecular weight is 535 g/mol. The van der Waals surface area contributed by atoms with E-state index in [-0.39, 0.29) is 34.1 Å². The van der Waals surface area contributed by atoms with Gasteiger partial charge in [0.25, 0.3) is 0 Å². The fraction of sp³-hybridized carbons (Fsp3) is 0.261. The third-order valence-electron chi connectivity index (χ3n) is 5.12. The zero-order valence-corrected chi connectivity index (χ0v) is 20.5. The number of anilines is 3. The number of rotatable bonds is 8. The number of aliphatic hydroxyl groups excluding tert-OH is 2. The molecule has 2 aromatic carbocycles. The number of fused-ring (bicyclic) bond motifs is 1. The number of nitriles is 1. The Labute approximate surface area is 213 Å². The molecule has 12 heteroatoms. The van der Waals surface area contributed by atoms with E-state index < -0.39 is 18.5 Å². The SMILES string of the molecule is N#Cc1cnc2cc(OCC(O)CO)c(NC(=O)C3CCSS3)cc2c1Nc1ccc(F)c(Cl)c1. The van der Waals surface area contributed by atoms with Crippen LogP contribution >= 0.6 is 33.2 Å². The molecule has 1 amide bonds. The number of ether oxygens (including phenoxy) is 1. The lowest BCUT2D eigenvalue weighted by molar-refractivity contribution is -0.115. The Morgan fingerprint density at radius 2 is 2.23 bits per heavy atom. The highest BCUT2D eigenvalue weighted by Gasteiger charge is 2.26. The van der Waals surface area contributed by atoms with E-state index in [0.717, 1.165) is 12.2 Å². The van der Waals surface area contributed by atoms with Gasteiger partial charge in [-0.25, -0.2) is 4.39 Å². The van der Waals surface area contributed by atoms with Gasteiger partial charge in [-0.2, -0.15) is 5.26 Å². The van der Waals surface area contributed by atoms with E-state index in [1.807, 2.05) is 0 Å². The molecule has 1 aliphatic heterocycles. The highest BCUT2D eigenvalue weighted by molar-refractivity contribution is 8.77. The van der Waals surface area contributed by atoms with Gasteiger partial charge in [-0.15, -0.1) is 0 Å². The number of pyridine rings is 1. The zero-order valence-electron chi connectivity index (χ0n) is 18.1. The lowest BCUT2D eigenvalue weighted by atomic mass is 10.1. The van der Waals surface area contributed by atoms with Gasteiger partial charge >= 0.3 is 0 Å². The predicted octanol–water partition coefficient (Wildman–Crippen LogP) is 4.47. The van der Waals surface area contributed by atoms with Gasteiger partial charge in [0.15, 0.2) is 0 Å². The largest absolute Gasteiger partial charge is 0.489 e. The predicted molar refractivity (Wildman–Crippen MR) is 137 cm³/mol. The molecule has 1 aliphatic rings. The summed E-state index contributed by atoms with van der Waals surface area (Å²) < 4.78 is 19.3. The van der Waals surface area contributed by atoms with Crippen LogP contribution in [0.1, 0.15) is 12.0 Å². The van der Waals surface area contributed by atoms with Crippen molar-refractivity contribution >= 4 is 67.1 Å². The molecule has 8 nitrogen and oxygen atoms in total. The summed E-state index contributed by atoms with van der Waals surface area (Å²) >= 11 is 5.91. The van der Waals surface area contributed by atoms with Crippen molar-refractivity contribution < 1.29 is 24.1 Å². The first kappa shape index (κ1) is 25.3. The number of carbonyl (C=O) groups excluding carboxylic acids is 1. The molecule has 0 saturated carbocycles. The molecule has 4 N–H and O–H groups in total. The second kappa shape index (κ2) is 11.3. The van der Waals surface area contributed by atoms with Crippen LogP contribution in [0, 0.1) is 17.1 Å². The molecule has 1 fully saturated rings. The average Bonchev–Trinajstić information content (AvgIpc) is 3.40. The molecule has 0 spiro atoms. The van der Waals surface area contributed by atoms with E-state index in [2.05, 4.69) is 21.7 Å². The maximum absolute atomic E-state index is 13.6. The van der Waals surface area contributed by atoms with Crippen molar-refractivity contribution in [1.29, 1.82) is 5.26 Å². The number of halogens is 2. The van der Waals surface area contributed by atoms with Crippen LogP contribution in [0.2, 0.25) is 5.02 Å².